The van der Waals surface area contributed by atoms with Crippen LogP contribution < -0.4 is 5.73 Å². The quantitative estimate of drug-likeness (QED) is 0.830. The Morgan fingerprint density at radius 3 is 3.12 bits per heavy atom. The summed E-state index contributed by atoms with van der Waals surface area (Å²) in [5.74, 6) is 0.646. The Bertz CT molecular complexity index is 387. The van der Waals surface area contributed by atoms with E-state index in [2.05, 4.69) is 23.3 Å². The first kappa shape index (κ1) is 11.7. The lowest BCUT2D eigenvalue weighted by Gasteiger charge is -2.41. The van der Waals surface area contributed by atoms with Gasteiger partial charge in [-0.25, -0.2) is 0 Å². The van der Waals surface area contributed by atoms with Crippen LogP contribution in [0.1, 0.15) is 42.7 Å². The van der Waals surface area contributed by atoms with E-state index in [1.54, 1.807) is 10.4 Å². The van der Waals surface area contributed by atoms with Gasteiger partial charge < -0.3 is 5.73 Å². The van der Waals surface area contributed by atoms with Crippen molar-refractivity contribution in [2.75, 3.05) is 13.1 Å². The highest BCUT2D eigenvalue weighted by atomic mass is 32.1. The van der Waals surface area contributed by atoms with Crippen molar-refractivity contribution in [1.82, 2.24) is 4.90 Å². The fraction of sp³-hybridized carbons (Fsp3) is 0.714. The van der Waals surface area contributed by atoms with Crippen LogP contribution in [0.5, 0.6) is 0 Å². The molecular weight excluding hydrogens is 228 g/mol. The van der Waals surface area contributed by atoms with Gasteiger partial charge in [0.1, 0.15) is 0 Å². The van der Waals surface area contributed by atoms with Gasteiger partial charge in [-0.2, -0.15) is 0 Å². The summed E-state index contributed by atoms with van der Waals surface area (Å²) in [7, 11) is 0. The number of hydrogen-bond donors (Lipinski definition) is 1. The lowest BCUT2D eigenvalue weighted by molar-refractivity contribution is 0.106. The Morgan fingerprint density at radius 2 is 2.29 bits per heavy atom. The van der Waals surface area contributed by atoms with Crippen molar-refractivity contribution in [1.29, 1.82) is 0 Å². The summed E-state index contributed by atoms with van der Waals surface area (Å²) >= 11 is 1.94. The van der Waals surface area contributed by atoms with Gasteiger partial charge in [-0.1, -0.05) is 6.92 Å². The third-order valence-electron chi connectivity index (χ3n) is 4.46. The van der Waals surface area contributed by atoms with E-state index in [1.807, 2.05) is 11.3 Å². The molecule has 2 heterocycles. The third kappa shape index (κ3) is 2.16. The third-order valence-corrected chi connectivity index (χ3v) is 5.46. The molecule has 2 aliphatic rings. The molecule has 1 aliphatic carbocycles. The van der Waals surface area contributed by atoms with E-state index in [4.69, 9.17) is 5.73 Å². The molecule has 1 aliphatic heterocycles. The second-order valence-electron chi connectivity index (χ2n) is 5.63. The Morgan fingerprint density at radius 1 is 1.41 bits per heavy atom. The number of hydrogen-bond acceptors (Lipinski definition) is 3. The average Bonchev–Trinajstić information content (AvgIpc) is 2.80. The number of thiophene rings is 1. The minimum Gasteiger partial charge on any atom is -0.327 e. The van der Waals surface area contributed by atoms with Gasteiger partial charge in [0.05, 0.1) is 0 Å². The van der Waals surface area contributed by atoms with E-state index in [0.29, 0.717) is 18.0 Å². The lowest BCUT2D eigenvalue weighted by atomic mass is 9.88. The van der Waals surface area contributed by atoms with Crippen LogP contribution in [0.4, 0.5) is 0 Å². The molecular formula is C14H22N2S. The fourth-order valence-corrected chi connectivity index (χ4v) is 4.30. The molecule has 0 radical (unpaired) electrons. The van der Waals surface area contributed by atoms with E-state index in [1.165, 1.54) is 32.4 Å². The largest absolute Gasteiger partial charge is 0.327 e. The molecule has 2 nitrogen and oxygen atoms in total. The summed E-state index contributed by atoms with van der Waals surface area (Å²) in [6.07, 6.45) is 5.16. The molecule has 3 rings (SSSR count). The molecule has 3 unspecified atom stereocenters. The van der Waals surface area contributed by atoms with Crippen LogP contribution >= 0.6 is 11.3 Å². The van der Waals surface area contributed by atoms with Crippen LogP contribution in [-0.4, -0.2) is 24.0 Å². The van der Waals surface area contributed by atoms with Crippen LogP contribution in [0.15, 0.2) is 11.4 Å². The van der Waals surface area contributed by atoms with Gasteiger partial charge in [0.15, 0.2) is 0 Å². The highest BCUT2D eigenvalue weighted by Gasteiger charge is 2.31. The molecule has 0 saturated carbocycles. The molecule has 1 saturated heterocycles. The highest BCUT2D eigenvalue weighted by molar-refractivity contribution is 7.10. The minimum atomic E-state index is 0.414. The van der Waals surface area contributed by atoms with Gasteiger partial charge in [0.25, 0.3) is 0 Å². The maximum absolute atomic E-state index is 6.12. The molecule has 1 fully saturated rings. The molecule has 17 heavy (non-hydrogen) atoms. The number of nitrogens with two attached hydrogens (primary N) is 1. The second kappa shape index (κ2) is 4.71. The van der Waals surface area contributed by atoms with Gasteiger partial charge in [0, 0.05) is 30.1 Å². The molecule has 0 spiro atoms. The van der Waals surface area contributed by atoms with E-state index in [-0.39, 0.29) is 0 Å². The Kier molecular flexibility index (Phi) is 3.24. The van der Waals surface area contributed by atoms with Crippen LogP contribution in [0.3, 0.4) is 0 Å². The lowest BCUT2D eigenvalue weighted by Crippen LogP contribution is -2.47. The van der Waals surface area contributed by atoms with Gasteiger partial charge in [0.2, 0.25) is 0 Å². The summed E-state index contributed by atoms with van der Waals surface area (Å²) in [6.45, 7) is 4.67. The molecule has 0 bridgehead atoms. The molecule has 2 N–H and O–H groups in total. The van der Waals surface area contributed by atoms with Crippen LogP contribution in [0.2, 0.25) is 0 Å². The molecule has 0 amide bonds. The number of likely N-dealkylation sites (tertiary alicyclic amines) is 1. The summed E-state index contributed by atoms with van der Waals surface area (Å²) < 4.78 is 0. The zero-order valence-electron chi connectivity index (χ0n) is 10.6. The highest BCUT2D eigenvalue weighted by Crippen LogP contribution is 2.38. The first-order valence-corrected chi connectivity index (χ1v) is 7.69. The maximum atomic E-state index is 6.12. The standard InChI is InChI=1S/C14H22N2S/c1-10-9-16(7-5-12(10)15)13-3-2-4-14-11(13)6-8-17-14/h6,8,10,12-13H,2-5,7,9,15H2,1H3. The monoisotopic (exact) mass is 250 g/mol. The predicted octanol–water partition coefficient (Wildman–Crippen LogP) is 2.79. The van der Waals surface area contributed by atoms with Crippen LogP contribution in [0.25, 0.3) is 0 Å². The van der Waals surface area contributed by atoms with Crippen molar-refractivity contribution >= 4 is 11.3 Å². The Hall–Kier alpha value is -0.380. The van der Waals surface area contributed by atoms with E-state index < -0.39 is 0 Å². The zero-order valence-corrected chi connectivity index (χ0v) is 11.4. The van der Waals surface area contributed by atoms with Gasteiger partial charge >= 0.3 is 0 Å². The molecule has 0 aromatic carbocycles. The van der Waals surface area contributed by atoms with Gasteiger partial charge in [-0.15, -0.1) is 11.3 Å². The van der Waals surface area contributed by atoms with Crippen molar-refractivity contribution in [2.45, 2.75) is 44.7 Å². The minimum absolute atomic E-state index is 0.414. The number of aryl methyl sites for hydroxylation is 1. The van der Waals surface area contributed by atoms with Crippen LogP contribution in [-0.2, 0) is 6.42 Å². The van der Waals surface area contributed by atoms with Crippen molar-refractivity contribution in [3.05, 3.63) is 21.9 Å². The molecule has 94 valence electrons. The first-order valence-electron chi connectivity index (χ1n) is 6.81. The Balaban J connectivity index is 1.78. The van der Waals surface area contributed by atoms with E-state index in [0.717, 1.165) is 6.42 Å². The summed E-state index contributed by atoms with van der Waals surface area (Å²) in [5.41, 5.74) is 7.73. The predicted molar refractivity (Wildman–Crippen MR) is 73.3 cm³/mol. The molecule has 1 aromatic rings. The summed E-state index contributed by atoms with van der Waals surface area (Å²) in [5, 5.41) is 2.27. The summed E-state index contributed by atoms with van der Waals surface area (Å²) in [6, 6.07) is 3.44. The second-order valence-corrected chi connectivity index (χ2v) is 6.63. The van der Waals surface area contributed by atoms with Gasteiger partial charge in [-0.05, 0) is 48.6 Å². The zero-order chi connectivity index (χ0) is 11.8. The molecule has 1 aromatic heterocycles. The fourth-order valence-electron chi connectivity index (χ4n) is 3.32. The first-order chi connectivity index (χ1) is 8.25. The van der Waals surface area contributed by atoms with Crippen molar-refractivity contribution < 1.29 is 0 Å². The molecule has 3 atom stereocenters. The normalized spacial score (nSPS) is 34.6. The topological polar surface area (TPSA) is 29.3 Å². The van der Waals surface area contributed by atoms with Crippen molar-refractivity contribution in [3.8, 4) is 0 Å². The summed E-state index contributed by atoms with van der Waals surface area (Å²) in [4.78, 5) is 4.31. The van der Waals surface area contributed by atoms with Crippen molar-refractivity contribution in [2.24, 2.45) is 11.7 Å². The van der Waals surface area contributed by atoms with Crippen LogP contribution in [0, 0.1) is 5.92 Å². The van der Waals surface area contributed by atoms with Gasteiger partial charge in [-0.3, -0.25) is 4.90 Å². The molecule has 3 heteroatoms. The number of nitrogens with zero attached hydrogens (tertiary/aromatic N) is 1. The number of piperidine rings is 1. The van der Waals surface area contributed by atoms with E-state index in [9.17, 15) is 0 Å². The maximum Gasteiger partial charge on any atom is 0.0359 e. The average molecular weight is 250 g/mol. The smallest absolute Gasteiger partial charge is 0.0359 e. The Labute approximate surface area is 108 Å². The SMILES string of the molecule is CC1CN(C2CCCc3sccc32)CCC1N. The van der Waals surface area contributed by atoms with Crippen molar-refractivity contribution in [3.63, 3.8) is 0 Å². The number of rotatable bonds is 1. The number of fused-ring (bicyclic) bond motifs is 1. The van der Waals surface area contributed by atoms with E-state index >= 15 is 0 Å².